The van der Waals surface area contributed by atoms with Gasteiger partial charge in [-0.2, -0.15) is 0 Å². The van der Waals surface area contributed by atoms with Crippen molar-refractivity contribution in [2.24, 2.45) is 0 Å². The zero-order chi connectivity index (χ0) is 17.7. The molecule has 2 aromatic carbocycles. The molecule has 0 radical (unpaired) electrons. The van der Waals surface area contributed by atoms with Gasteiger partial charge in [0.05, 0.1) is 0 Å². The molecule has 0 aliphatic heterocycles. The number of aryl methyl sites for hydroxylation is 2. The molecule has 5 heteroatoms. The summed E-state index contributed by atoms with van der Waals surface area (Å²) in [6.45, 7) is 5.86. The first kappa shape index (κ1) is 18.2. The van der Waals surface area contributed by atoms with Gasteiger partial charge in [-0.1, -0.05) is 40.2 Å². The van der Waals surface area contributed by atoms with E-state index < -0.39 is 0 Å². The number of nitrogens with zero attached hydrogens (tertiary/aromatic N) is 1. The molecule has 0 atom stereocenters. The molecule has 0 aromatic heterocycles. The van der Waals surface area contributed by atoms with Crippen LogP contribution in [0.4, 0.5) is 5.69 Å². The Morgan fingerprint density at radius 2 is 1.79 bits per heavy atom. The summed E-state index contributed by atoms with van der Waals surface area (Å²) in [4.78, 5) is 25.8. The largest absolute Gasteiger partial charge is 0.329 e. The van der Waals surface area contributed by atoms with Gasteiger partial charge in [0.15, 0.2) is 0 Å². The third-order valence-electron chi connectivity index (χ3n) is 3.86. The van der Waals surface area contributed by atoms with Gasteiger partial charge in [0.25, 0.3) is 0 Å². The number of hydrogen-bond donors (Lipinski definition) is 1. The van der Waals surface area contributed by atoms with Gasteiger partial charge < -0.3 is 10.2 Å². The van der Waals surface area contributed by atoms with Crippen molar-refractivity contribution in [1.29, 1.82) is 0 Å². The van der Waals surface area contributed by atoms with Crippen LogP contribution in [0.3, 0.4) is 0 Å². The fraction of sp³-hybridized carbons (Fsp3) is 0.263. The summed E-state index contributed by atoms with van der Waals surface area (Å²) >= 11 is 3.40. The molecule has 0 aliphatic carbocycles. The van der Waals surface area contributed by atoms with Gasteiger partial charge >= 0.3 is 0 Å². The fourth-order valence-corrected chi connectivity index (χ4v) is 2.88. The van der Waals surface area contributed by atoms with Crippen LogP contribution in [0.5, 0.6) is 0 Å². The van der Waals surface area contributed by atoms with Crippen molar-refractivity contribution in [3.63, 3.8) is 0 Å². The Labute approximate surface area is 151 Å². The minimum absolute atomic E-state index is 0.0270. The minimum atomic E-state index is -0.204. The number of nitrogens with one attached hydrogen (secondary N) is 1. The molecule has 0 fully saturated rings. The third kappa shape index (κ3) is 4.93. The van der Waals surface area contributed by atoms with Crippen LogP contribution in [0.25, 0.3) is 0 Å². The molecule has 0 bridgehead atoms. The zero-order valence-electron chi connectivity index (χ0n) is 14.1. The van der Waals surface area contributed by atoms with Crippen LogP contribution in [-0.4, -0.2) is 23.3 Å². The predicted molar refractivity (Wildman–Crippen MR) is 99.8 cm³/mol. The molecule has 0 saturated heterocycles. The van der Waals surface area contributed by atoms with Gasteiger partial charge in [0.1, 0.15) is 6.54 Å². The molecule has 0 heterocycles. The van der Waals surface area contributed by atoms with Gasteiger partial charge in [-0.15, -0.1) is 0 Å². The minimum Gasteiger partial charge on any atom is -0.329 e. The molecular formula is C19H21BrN2O2. The van der Waals surface area contributed by atoms with E-state index in [-0.39, 0.29) is 18.4 Å². The smallest absolute Gasteiger partial charge is 0.244 e. The monoisotopic (exact) mass is 388 g/mol. The molecule has 0 saturated carbocycles. The second-order valence-electron chi connectivity index (χ2n) is 5.81. The Morgan fingerprint density at radius 1 is 1.08 bits per heavy atom. The number of benzene rings is 2. The van der Waals surface area contributed by atoms with E-state index in [1.54, 1.807) is 4.90 Å². The van der Waals surface area contributed by atoms with Crippen LogP contribution >= 0.6 is 15.9 Å². The number of hydrogen-bond acceptors (Lipinski definition) is 2. The van der Waals surface area contributed by atoms with Gasteiger partial charge in [-0.25, -0.2) is 0 Å². The average molecular weight is 389 g/mol. The second kappa shape index (κ2) is 8.11. The highest BCUT2D eigenvalue weighted by atomic mass is 79.9. The number of carbonyl (C=O) groups is 2. The maximum Gasteiger partial charge on any atom is 0.244 e. The Balaban J connectivity index is 2.06. The first-order valence-electron chi connectivity index (χ1n) is 7.73. The van der Waals surface area contributed by atoms with Crippen molar-refractivity contribution in [3.05, 3.63) is 63.6 Å². The Bertz CT molecular complexity index is 759. The van der Waals surface area contributed by atoms with E-state index in [2.05, 4.69) is 21.2 Å². The second-order valence-corrected chi connectivity index (χ2v) is 6.72. The van der Waals surface area contributed by atoms with Crippen LogP contribution in [0.1, 0.15) is 23.6 Å². The zero-order valence-corrected chi connectivity index (χ0v) is 15.7. The molecule has 2 aromatic rings. The summed E-state index contributed by atoms with van der Waals surface area (Å²) in [5.41, 5.74) is 3.86. The Kier molecular flexibility index (Phi) is 6.15. The van der Waals surface area contributed by atoms with Crippen molar-refractivity contribution in [3.8, 4) is 0 Å². The highest BCUT2D eigenvalue weighted by molar-refractivity contribution is 9.10. The summed E-state index contributed by atoms with van der Waals surface area (Å²) < 4.78 is 0.961. The molecule has 4 nitrogen and oxygen atoms in total. The summed E-state index contributed by atoms with van der Waals surface area (Å²) in [6.07, 6.45) is 0. The molecule has 2 amide bonds. The van der Waals surface area contributed by atoms with E-state index in [1.807, 2.05) is 56.3 Å². The van der Waals surface area contributed by atoms with Crippen molar-refractivity contribution >= 4 is 33.4 Å². The molecule has 1 N–H and O–H groups in total. The average Bonchev–Trinajstić information content (AvgIpc) is 2.51. The lowest BCUT2D eigenvalue weighted by molar-refractivity contribution is -0.133. The highest BCUT2D eigenvalue weighted by Gasteiger charge is 2.15. The first-order valence-corrected chi connectivity index (χ1v) is 8.52. The SMILES string of the molecule is CC(=O)N(CC(=O)Nc1ccc(Br)cc1C)Cc1ccccc1C. The summed E-state index contributed by atoms with van der Waals surface area (Å²) in [7, 11) is 0. The van der Waals surface area contributed by atoms with Crippen LogP contribution in [0.15, 0.2) is 46.9 Å². The molecule has 2 rings (SSSR count). The Morgan fingerprint density at radius 3 is 2.42 bits per heavy atom. The van der Waals surface area contributed by atoms with E-state index in [1.165, 1.54) is 6.92 Å². The molecular weight excluding hydrogens is 368 g/mol. The lowest BCUT2D eigenvalue weighted by Crippen LogP contribution is -2.36. The van der Waals surface area contributed by atoms with Crippen LogP contribution in [-0.2, 0) is 16.1 Å². The normalized spacial score (nSPS) is 10.3. The predicted octanol–water partition coefficient (Wildman–Crippen LogP) is 4.05. The van der Waals surface area contributed by atoms with Crippen LogP contribution in [0.2, 0.25) is 0 Å². The quantitative estimate of drug-likeness (QED) is 0.839. The van der Waals surface area contributed by atoms with Crippen molar-refractivity contribution in [2.45, 2.75) is 27.3 Å². The van der Waals surface area contributed by atoms with Gasteiger partial charge in [0, 0.05) is 23.6 Å². The van der Waals surface area contributed by atoms with Crippen molar-refractivity contribution in [1.82, 2.24) is 4.90 Å². The maximum absolute atomic E-state index is 12.3. The fourth-order valence-electron chi connectivity index (χ4n) is 2.40. The molecule has 24 heavy (non-hydrogen) atoms. The van der Waals surface area contributed by atoms with Gasteiger partial charge in [-0.3, -0.25) is 9.59 Å². The number of carbonyl (C=O) groups excluding carboxylic acids is 2. The molecule has 126 valence electrons. The maximum atomic E-state index is 12.3. The van der Waals surface area contributed by atoms with E-state index in [0.29, 0.717) is 6.54 Å². The number of anilines is 1. The number of halogens is 1. The lowest BCUT2D eigenvalue weighted by Gasteiger charge is -2.22. The van der Waals surface area contributed by atoms with Crippen LogP contribution < -0.4 is 5.32 Å². The summed E-state index contributed by atoms with van der Waals surface area (Å²) in [5, 5.41) is 2.87. The van der Waals surface area contributed by atoms with Gasteiger partial charge in [-0.05, 0) is 48.7 Å². The van der Waals surface area contributed by atoms with Crippen molar-refractivity contribution < 1.29 is 9.59 Å². The first-order chi connectivity index (χ1) is 11.4. The van der Waals surface area contributed by atoms with Crippen molar-refractivity contribution in [2.75, 3.05) is 11.9 Å². The van der Waals surface area contributed by atoms with E-state index >= 15 is 0 Å². The molecule has 0 unspecified atom stereocenters. The summed E-state index contributed by atoms with van der Waals surface area (Å²) in [5.74, 6) is -0.329. The molecule has 0 spiro atoms. The summed E-state index contributed by atoms with van der Waals surface area (Å²) in [6, 6.07) is 13.5. The van der Waals surface area contributed by atoms with Gasteiger partial charge in [0.2, 0.25) is 11.8 Å². The standard InChI is InChI=1S/C19H21BrN2O2/c1-13-6-4-5-7-16(13)11-22(15(3)23)12-19(24)21-18-9-8-17(20)10-14(18)2/h4-10H,11-12H2,1-3H3,(H,21,24). The molecule has 0 aliphatic rings. The topological polar surface area (TPSA) is 49.4 Å². The van der Waals surface area contributed by atoms with E-state index in [4.69, 9.17) is 0 Å². The van der Waals surface area contributed by atoms with Crippen LogP contribution in [0, 0.1) is 13.8 Å². The lowest BCUT2D eigenvalue weighted by atomic mass is 10.1. The number of rotatable bonds is 5. The highest BCUT2D eigenvalue weighted by Crippen LogP contribution is 2.20. The number of amides is 2. The Hall–Kier alpha value is -2.14. The third-order valence-corrected chi connectivity index (χ3v) is 4.36. The van der Waals surface area contributed by atoms with E-state index in [0.717, 1.165) is 26.9 Å². The van der Waals surface area contributed by atoms with E-state index in [9.17, 15) is 9.59 Å².